The monoisotopic (exact) mass is 328 g/mol. The average molecular weight is 329 g/mol. The molecule has 5 nitrogen and oxygen atoms in total. The summed E-state index contributed by atoms with van der Waals surface area (Å²) in [6, 6.07) is 0. The van der Waals surface area contributed by atoms with Crippen LogP contribution in [-0.4, -0.2) is 45.9 Å². The number of nitrogens with one attached hydrogen (secondary N) is 1. The maximum Gasteiger partial charge on any atom is 0.235 e. The highest BCUT2D eigenvalue weighted by Gasteiger charge is 2.23. The van der Waals surface area contributed by atoms with E-state index in [4.69, 9.17) is 0 Å². The molecule has 118 valence electrons. The molecule has 1 aromatic rings. The molecule has 0 saturated carbocycles. The number of likely N-dealkylation sites (tertiary alicyclic amines) is 1. The number of amides is 1. The molecule has 0 radical (unpaired) electrons. The minimum Gasteiger partial charge on any atom is -0.360 e. The van der Waals surface area contributed by atoms with Gasteiger partial charge < -0.3 is 10.2 Å². The van der Waals surface area contributed by atoms with E-state index in [0.29, 0.717) is 0 Å². The van der Waals surface area contributed by atoms with E-state index in [1.54, 1.807) is 0 Å². The maximum absolute atomic E-state index is 12.5. The third-order valence-corrected chi connectivity index (χ3v) is 5.53. The zero-order valence-electron chi connectivity index (χ0n) is 12.8. The van der Waals surface area contributed by atoms with Crippen molar-refractivity contribution in [3.05, 3.63) is 0 Å². The van der Waals surface area contributed by atoms with Crippen LogP contribution >= 0.6 is 23.1 Å². The number of aromatic nitrogens is 2. The minimum atomic E-state index is -0.0879. The first-order valence-electron chi connectivity index (χ1n) is 7.73. The number of nitrogens with zero attached hydrogens (tertiary/aromatic N) is 3. The Hall–Kier alpha value is -0.820. The van der Waals surface area contributed by atoms with Gasteiger partial charge in [-0.25, -0.2) is 0 Å². The second-order valence-corrected chi connectivity index (χ2v) is 7.86. The van der Waals surface area contributed by atoms with E-state index in [2.05, 4.69) is 22.4 Å². The third kappa shape index (κ3) is 5.14. The third-order valence-electron chi connectivity index (χ3n) is 3.48. The van der Waals surface area contributed by atoms with Crippen LogP contribution in [0.3, 0.4) is 0 Å². The summed E-state index contributed by atoms with van der Waals surface area (Å²) in [6.07, 6.45) is 5.81. The molecule has 7 heteroatoms. The van der Waals surface area contributed by atoms with Gasteiger partial charge in [0.05, 0.1) is 5.25 Å². The Bertz CT molecular complexity index is 444. The summed E-state index contributed by atoms with van der Waals surface area (Å²) in [5.41, 5.74) is 0. The molecular formula is C14H24N4OS2. The van der Waals surface area contributed by atoms with Gasteiger partial charge in [-0.1, -0.05) is 42.9 Å². The van der Waals surface area contributed by atoms with Crippen molar-refractivity contribution in [2.24, 2.45) is 0 Å². The number of hydrogen-bond donors (Lipinski definition) is 1. The number of carbonyl (C=O) groups excluding carboxylic acids is 1. The SMILES string of the molecule is CCCNc1nnc(S[C@@H](C)C(=O)N2CCCCCC2)s1. The topological polar surface area (TPSA) is 58.1 Å². The first-order chi connectivity index (χ1) is 10.2. The van der Waals surface area contributed by atoms with Crippen LogP contribution in [-0.2, 0) is 4.79 Å². The Morgan fingerprint density at radius 2 is 2.05 bits per heavy atom. The number of anilines is 1. The predicted molar refractivity (Wildman–Crippen MR) is 89.1 cm³/mol. The second-order valence-electron chi connectivity index (χ2n) is 5.30. The molecule has 1 aliphatic heterocycles. The highest BCUT2D eigenvalue weighted by molar-refractivity contribution is 8.02. The quantitative estimate of drug-likeness (QED) is 0.812. The molecule has 0 aliphatic carbocycles. The lowest BCUT2D eigenvalue weighted by Crippen LogP contribution is -2.37. The van der Waals surface area contributed by atoms with Gasteiger partial charge in [0.1, 0.15) is 0 Å². The summed E-state index contributed by atoms with van der Waals surface area (Å²) in [5.74, 6) is 0.236. The van der Waals surface area contributed by atoms with Gasteiger partial charge in [-0.15, -0.1) is 10.2 Å². The first kappa shape index (κ1) is 16.5. The van der Waals surface area contributed by atoms with Gasteiger partial charge in [0, 0.05) is 19.6 Å². The lowest BCUT2D eigenvalue weighted by Gasteiger charge is -2.23. The molecule has 0 spiro atoms. The van der Waals surface area contributed by atoms with Gasteiger partial charge in [-0.05, 0) is 26.2 Å². The van der Waals surface area contributed by atoms with Crippen molar-refractivity contribution >= 4 is 34.1 Å². The van der Waals surface area contributed by atoms with Crippen molar-refractivity contribution < 1.29 is 4.79 Å². The van der Waals surface area contributed by atoms with Crippen molar-refractivity contribution in [2.45, 2.75) is 55.5 Å². The highest BCUT2D eigenvalue weighted by atomic mass is 32.2. The Morgan fingerprint density at radius 1 is 1.33 bits per heavy atom. The molecular weight excluding hydrogens is 304 g/mol. The summed E-state index contributed by atoms with van der Waals surface area (Å²) >= 11 is 3.05. The lowest BCUT2D eigenvalue weighted by atomic mass is 10.2. The van der Waals surface area contributed by atoms with Crippen LogP contribution in [0.4, 0.5) is 5.13 Å². The van der Waals surface area contributed by atoms with Crippen LogP contribution in [0.1, 0.15) is 46.0 Å². The lowest BCUT2D eigenvalue weighted by molar-refractivity contribution is -0.130. The predicted octanol–water partition coefficient (Wildman–Crippen LogP) is 3.24. The number of rotatable bonds is 6. The van der Waals surface area contributed by atoms with E-state index in [0.717, 1.165) is 48.4 Å². The Balaban J connectivity index is 1.86. The Labute approximate surface area is 134 Å². The zero-order valence-corrected chi connectivity index (χ0v) is 14.4. The molecule has 0 bridgehead atoms. The van der Waals surface area contributed by atoms with Crippen molar-refractivity contribution in [3.63, 3.8) is 0 Å². The van der Waals surface area contributed by atoms with Gasteiger partial charge in [0.2, 0.25) is 11.0 Å². The van der Waals surface area contributed by atoms with E-state index in [1.165, 1.54) is 35.9 Å². The molecule has 1 N–H and O–H groups in total. The highest BCUT2D eigenvalue weighted by Crippen LogP contribution is 2.30. The summed E-state index contributed by atoms with van der Waals surface area (Å²) in [5, 5.41) is 12.2. The largest absolute Gasteiger partial charge is 0.360 e. The number of hydrogen-bond acceptors (Lipinski definition) is 6. The fourth-order valence-electron chi connectivity index (χ4n) is 2.31. The summed E-state index contributed by atoms with van der Waals surface area (Å²) in [4.78, 5) is 14.5. The van der Waals surface area contributed by atoms with Crippen LogP contribution in [0, 0.1) is 0 Å². The standard InChI is InChI=1S/C14H24N4OS2/c1-3-8-15-13-16-17-14(21-13)20-11(2)12(19)18-9-6-4-5-7-10-18/h11H,3-10H2,1-2H3,(H,15,16)/t11-/m0/s1. The molecule has 21 heavy (non-hydrogen) atoms. The fourth-order valence-corrected chi connectivity index (χ4v) is 4.32. The smallest absolute Gasteiger partial charge is 0.235 e. The Kier molecular flexibility index (Phi) is 6.76. The van der Waals surface area contributed by atoms with Crippen molar-refractivity contribution in [1.29, 1.82) is 0 Å². The number of thioether (sulfide) groups is 1. The molecule has 1 atom stereocenters. The molecule has 2 heterocycles. The Morgan fingerprint density at radius 3 is 2.71 bits per heavy atom. The molecule has 0 unspecified atom stereocenters. The zero-order chi connectivity index (χ0) is 15.1. The van der Waals surface area contributed by atoms with Crippen molar-refractivity contribution in [3.8, 4) is 0 Å². The molecule has 1 fully saturated rings. The first-order valence-corrected chi connectivity index (χ1v) is 9.43. The summed E-state index contributed by atoms with van der Waals surface area (Å²) in [6.45, 7) is 6.80. The normalized spacial score (nSPS) is 17.3. The van der Waals surface area contributed by atoms with Crippen LogP contribution in [0.15, 0.2) is 4.34 Å². The van der Waals surface area contributed by atoms with Gasteiger partial charge in [0.25, 0.3) is 0 Å². The van der Waals surface area contributed by atoms with E-state index in [1.807, 2.05) is 11.8 Å². The van der Waals surface area contributed by atoms with Gasteiger partial charge in [-0.2, -0.15) is 0 Å². The van der Waals surface area contributed by atoms with Crippen molar-refractivity contribution in [2.75, 3.05) is 25.0 Å². The molecule has 0 aromatic carbocycles. The van der Waals surface area contributed by atoms with Gasteiger partial charge >= 0.3 is 0 Å². The van der Waals surface area contributed by atoms with E-state index in [9.17, 15) is 4.79 Å². The molecule has 1 saturated heterocycles. The summed E-state index contributed by atoms with van der Waals surface area (Å²) in [7, 11) is 0. The van der Waals surface area contributed by atoms with Crippen LogP contribution in [0.25, 0.3) is 0 Å². The second kappa shape index (κ2) is 8.58. The van der Waals surface area contributed by atoms with Crippen molar-refractivity contribution in [1.82, 2.24) is 15.1 Å². The molecule has 2 rings (SSSR count). The fraction of sp³-hybridized carbons (Fsp3) is 0.786. The maximum atomic E-state index is 12.5. The minimum absolute atomic E-state index is 0.0879. The van der Waals surface area contributed by atoms with E-state index < -0.39 is 0 Å². The van der Waals surface area contributed by atoms with E-state index >= 15 is 0 Å². The molecule has 1 amide bonds. The average Bonchev–Trinajstić information content (AvgIpc) is 2.75. The summed E-state index contributed by atoms with van der Waals surface area (Å²) < 4.78 is 0.865. The van der Waals surface area contributed by atoms with Gasteiger partial charge in [-0.3, -0.25) is 4.79 Å². The van der Waals surface area contributed by atoms with Crippen LogP contribution in [0.5, 0.6) is 0 Å². The van der Waals surface area contributed by atoms with Crippen LogP contribution in [0.2, 0.25) is 0 Å². The van der Waals surface area contributed by atoms with E-state index in [-0.39, 0.29) is 11.2 Å². The molecule has 1 aromatic heterocycles. The molecule has 1 aliphatic rings. The van der Waals surface area contributed by atoms with Gasteiger partial charge in [0.15, 0.2) is 4.34 Å². The van der Waals surface area contributed by atoms with Crippen LogP contribution < -0.4 is 5.32 Å². The number of carbonyl (C=O) groups is 1.